The normalized spacial score (nSPS) is 21.4. The fraction of sp³-hybridized carbons (Fsp3) is 0.739. The van der Waals surface area contributed by atoms with E-state index in [0.29, 0.717) is 5.92 Å². The Balaban J connectivity index is 1.64. The van der Waals surface area contributed by atoms with Crippen LogP contribution in [0.3, 0.4) is 0 Å². The number of piperidine rings is 1. The standard InChI is InChI=1S/C23H37N5O/c1-5-26(6-2)15-19-8-7-11-27(16-19)23-17(3)18(4)24-22-14-21(25-28(22)23)20-9-12-29-13-10-20/h14,19-20H,5-13,15-16H2,1-4H3. The van der Waals surface area contributed by atoms with Crippen LogP contribution in [0.15, 0.2) is 6.07 Å². The number of aromatic nitrogens is 3. The van der Waals surface area contributed by atoms with Crippen LogP contribution in [0, 0.1) is 19.8 Å². The van der Waals surface area contributed by atoms with Gasteiger partial charge in [0.2, 0.25) is 0 Å². The topological polar surface area (TPSA) is 45.9 Å². The molecule has 0 amide bonds. The molecule has 0 aromatic carbocycles. The highest BCUT2D eigenvalue weighted by Gasteiger charge is 2.27. The van der Waals surface area contributed by atoms with Gasteiger partial charge in [-0.15, -0.1) is 0 Å². The molecule has 1 atom stereocenters. The van der Waals surface area contributed by atoms with Crippen LogP contribution in [-0.4, -0.2) is 65.4 Å². The summed E-state index contributed by atoms with van der Waals surface area (Å²) in [6, 6.07) is 2.21. The summed E-state index contributed by atoms with van der Waals surface area (Å²) in [4.78, 5) is 10.0. The summed E-state index contributed by atoms with van der Waals surface area (Å²) in [6.07, 6.45) is 4.70. The Hall–Kier alpha value is -1.66. The van der Waals surface area contributed by atoms with Crippen molar-refractivity contribution in [1.29, 1.82) is 0 Å². The predicted molar refractivity (Wildman–Crippen MR) is 118 cm³/mol. The lowest BCUT2D eigenvalue weighted by Crippen LogP contribution is -2.42. The first-order valence-electron chi connectivity index (χ1n) is 11.5. The van der Waals surface area contributed by atoms with Crippen LogP contribution < -0.4 is 4.90 Å². The molecule has 2 aliphatic rings. The Morgan fingerprint density at radius 3 is 2.62 bits per heavy atom. The molecule has 0 saturated carbocycles. The minimum Gasteiger partial charge on any atom is -0.381 e. The number of aryl methyl sites for hydroxylation is 1. The van der Waals surface area contributed by atoms with E-state index in [1.807, 2.05) is 0 Å². The molecule has 2 aromatic rings. The largest absolute Gasteiger partial charge is 0.381 e. The molecule has 6 nitrogen and oxygen atoms in total. The molecule has 2 aliphatic heterocycles. The molecule has 6 heteroatoms. The SMILES string of the molecule is CCN(CC)CC1CCCN(c2c(C)c(C)nc3cc(C4CCOCC4)nn23)C1. The average Bonchev–Trinajstić information content (AvgIpc) is 3.17. The van der Waals surface area contributed by atoms with E-state index in [4.69, 9.17) is 14.8 Å². The van der Waals surface area contributed by atoms with Crippen molar-refractivity contribution in [3.8, 4) is 0 Å². The van der Waals surface area contributed by atoms with Crippen LogP contribution in [-0.2, 0) is 4.74 Å². The third-order valence-electron chi connectivity index (χ3n) is 6.94. The number of hydrogen-bond donors (Lipinski definition) is 0. The van der Waals surface area contributed by atoms with E-state index in [0.717, 1.165) is 69.5 Å². The quantitative estimate of drug-likeness (QED) is 0.739. The Morgan fingerprint density at radius 1 is 1.14 bits per heavy atom. The number of hydrogen-bond acceptors (Lipinski definition) is 5. The summed E-state index contributed by atoms with van der Waals surface area (Å²) in [5.41, 5.74) is 4.57. The summed E-state index contributed by atoms with van der Waals surface area (Å²) in [5, 5.41) is 5.08. The summed E-state index contributed by atoms with van der Waals surface area (Å²) in [7, 11) is 0. The Labute approximate surface area is 175 Å². The van der Waals surface area contributed by atoms with Crippen molar-refractivity contribution >= 4 is 11.5 Å². The van der Waals surface area contributed by atoms with Gasteiger partial charge < -0.3 is 14.5 Å². The van der Waals surface area contributed by atoms with Crippen LogP contribution in [0.2, 0.25) is 0 Å². The van der Waals surface area contributed by atoms with Crippen molar-refractivity contribution in [2.45, 2.75) is 59.3 Å². The Morgan fingerprint density at radius 2 is 1.90 bits per heavy atom. The first-order valence-corrected chi connectivity index (χ1v) is 11.5. The maximum atomic E-state index is 5.55. The zero-order chi connectivity index (χ0) is 20.4. The zero-order valence-electron chi connectivity index (χ0n) is 18.7. The van der Waals surface area contributed by atoms with Crippen LogP contribution in [0.4, 0.5) is 5.82 Å². The Bertz CT molecular complexity index is 822. The van der Waals surface area contributed by atoms with Gasteiger partial charge in [-0.25, -0.2) is 4.98 Å². The first-order chi connectivity index (χ1) is 14.1. The van der Waals surface area contributed by atoms with Crippen molar-refractivity contribution in [3.05, 3.63) is 23.0 Å². The van der Waals surface area contributed by atoms with Crippen molar-refractivity contribution in [2.24, 2.45) is 5.92 Å². The molecule has 0 spiro atoms. The fourth-order valence-electron chi connectivity index (χ4n) is 5.02. The van der Waals surface area contributed by atoms with E-state index < -0.39 is 0 Å². The number of fused-ring (bicyclic) bond motifs is 1. The monoisotopic (exact) mass is 399 g/mol. The molecule has 2 fully saturated rings. The molecule has 1 unspecified atom stereocenters. The lowest BCUT2D eigenvalue weighted by molar-refractivity contribution is 0.0844. The lowest BCUT2D eigenvalue weighted by Gasteiger charge is -2.37. The van der Waals surface area contributed by atoms with Crippen molar-refractivity contribution in [3.63, 3.8) is 0 Å². The molecule has 0 N–H and O–H groups in total. The third kappa shape index (κ3) is 4.29. The zero-order valence-corrected chi connectivity index (χ0v) is 18.7. The second kappa shape index (κ2) is 9.00. The molecule has 2 saturated heterocycles. The molecule has 0 aliphatic carbocycles. The smallest absolute Gasteiger partial charge is 0.157 e. The van der Waals surface area contributed by atoms with Crippen LogP contribution in [0.5, 0.6) is 0 Å². The van der Waals surface area contributed by atoms with Gasteiger partial charge in [0.15, 0.2) is 5.65 Å². The van der Waals surface area contributed by atoms with Gasteiger partial charge in [-0.2, -0.15) is 9.61 Å². The van der Waals surface area contributed by atoms with Gasteiger partial charge in [-0.05, 0) is 58.5 Å². The van der Waals surface area contributed by atoms with E-state index in [1.54, 1.807) is 0 Å². The molecule has 0 bridgehead atoms. The van der Waals surface area contributed by atoms with Gasteiger partial charge in [0.1, 0.15) is 5.82 Å². The highest BCUT2D eigenvalue weighted by atomic mass is 16.5. The van der Waals surface area contributed by atoms with Crippen LogP contribution in [0.25, 0.3) is 5.65 Å². The van der Waals surface area contributed by atoms with E-state index in [-0.39, 0.29) is 0 Å². The molecular weight excluding hydrogens is 362 g/mol. The minimum absolute atomic E-state index is 0.496. The Kier molecular flexibility index (Phi) is 6.40. The molecule has 29 heavy (non-hydrogen) atoms. The van der Waals surface area contributed by atoms with Gasteiger partial charge in [-0.3, -0.25) is 0 Å². The van der Waals surface area contributed by atoms with Crippen molar-refractivity contribution in [2.75, 3.05) is 50.8 Å². The second-order valence-corrected chi connectivity index (χ2v) is 8.81. The molecule has 0 radical (unpaired) electrons. The van der Waals surface area contributed by atoms with E-state index in [9.17, 15) is 0 Å². The number of rotatable bonds is 6. The fourth-order valence-corrected chi connectivity index (χ4v) is 5.02. The average molecular weight is 400 g/mol. The number of ether oxygens (including phenoxy) is 1. The lowest BCUT2D eigenvalue weighted by atomic mass is 9.97. The van der Waals surface area contributed by atoms with Gasteiger partial charge in [0.05, 0.1) is 5.69 Å². The first kappa shape index (κ1) is 20.6. The number of nitrogens with zero attached hydrogens (tertiary/aromatic N) is 5. The highest BCUT2D eigenvalue weighted by Crippen LogP contribution is 2.31. The van der Waals surface area contributed by atoms with Crippen LogP contribution in [0.1, 0.15) is 62.4 Å². The maximum absolute atomic E-state index is 5.55. The maximum Gasteiger partial charge on any atom is 0.157 e. The van der Waals surface area contributed by atoms with E-state index >= 15 is 0 Å². The van der Waals surface area contributed by atoms with Crippen molar-refractivity contribution < 1.29 is 4.74 Å². The molecule has 160 valence electrons. The molecular formula is C23H37N5O. The summed E-state index contributed by atoms with van der Waals surface area (Å²) in [5.74, 6) is 2.47. The predicted octanol–water partition coefficient (Wildman–Crippen LogP) is 3.80. The highest BCUT2D eigenvalue weighted by molar-refractivity contribution is 5.57. The summed E-state index contributed by atoms with van der Waals surface area (Å²) >= 11 is 0. The van der Waals surface area contributed by atoms with Gasteiger partial charge in [-0.1, -0.05) is 13.8 Å². The number of anilines is 1. The molecule has 4 rings (SSSR count). The van der Waals surface area contributed by atoms with Crippen molar-refractivity contribution in [1.82, 2.24) is 19.5 Å². The van der Waals surface area contributed by atoms with Gasteiger partial charge in [0.25, 0.3) is 0 Å². The third-order valence-corrected chi connectivity index (χ3v) is 6.94. The van der Waals surface area contributed by atoms with E-state index in [2.05, 4.69) is 48.1 Å². The van der Waals surface area contributed by atoms with Gasteiger partial charge >= 0.3 is 0 Å². The summed E-state index contributed by atoms with van der Waals surface area (Å²) < 4.78 is 7.68. The molecule has 2 aromatic heterocycles. The minimum atomic E-state index is 0.496. The van der Waals surface area contributed by atoms with Crippen LogP contribution >= 0.6 is 0 Å². The second-order valence-electron chi connectivity index (χ2n) is 8.81. The van der Waals surface area contributed by atoms with E-state index in [1.165, 1.54) is 36.5 Å². The summed E-state index contributed by atoms with van der Waals surface area (Å²) in [6.45, 7) is 16.3. The van der Waals surface area contributed by atoms with Gasteiger partial charge in [0, 0.05) is 56.1 Å². The molecule has 4 heterocycles.